The van der Waals surface area contributed by atoms with Crippen molar-refractivity contribution in [2.24, 2.45) is 0 Å². The Morgan fingerprint density at radius 1 is 0.831 bits per heavy atom. The zero-order valence-corrected chi connectivity index (χ0v) is 36.6. The number of hydrogen-bond acceptors (Lipinski definition) is 10. The summed E-state index contributed by atoms with van der Waals surface area (Å²) in [7, 11) is 0. The first kappa shape index (κ1) is 46.1. The van der Waals surface area contributed by atoms with Crippen LogP contribution in [-0.4, -0.2) is 70.5 Å². The third-order valence-corrected chi connectivity index (χ3v) is 11.1. The maximum atomic E-state index is 14.2. The number of benzene rings is 5. The molecule has 5 aromatic rings. The highest BCUT2D eigenvalue weighted by atomic mass is 16.8. The van der Waals surface area contributed by atoms with Gasteiger partial charge in [-0.25, -0.2) is 4.79 Å². The van der Waals surface area contributed by atoms with Gasteiger partial charge in [0.1, 0.15) is 29.7 Å². The van der Waals surface area contributed by atoms with Gasteiger partial charge in [0.15, 0.2) is 0 Å². The van der Waals surface area contributed by atoms with Gasteiger partial charge in [0.05, 0.1) is 18.2 Å². The smallest absolute Gasteiger partial charge is 0.339 e. The van der Waals surface area contributed by atoms with Crippen molar-refractivity contribution in [3.63, 3.8) is 0 Å². The van der Waals surface area contributed by atoms with E-state index in [1.165, 1.54) is 0 Å². The Hall–Kier alpha value is -6.86. The zero-order chi connectivity index (χ0) is 46.0. The third kappa shape index (κ3) is 11.6. The van der Waals surface area contributed by atoms with Crippen LogP contribution in [0.3, 0.4) is 0 Å². The molecule has 0 radical (unpaired) electrons. The van der Waals surface area contributed by atoms with E-state index < -0.39 is 59.5 Å². The van der Waals surface area contributed by atoms with E-state index in [-0.39, 0.29) is 38.2 Å². The summed E-state index contributed by atoms with van der Waals surface area (Å²) in [4.78, 5) is 53.8. The van der Waals surface area contributed by atoms with Crippen molar-refractivity contribution in [2.45, 2.75) is 88.7 Å². The second-order valence-electron chi connectivity index (χ2n) is 17.0. The van der Waals surface area contributed by atoms with Crippen molar-refractivity contribution in [3.8, 4) is 5.75 Å². The molecule has 1 aliphatic heterocycles. The quantitative estimate of drug-likeness (QED) is 0.0721. The average molecular weight is 879 g/mol. The van der Waals surface area contributed by atoms with Crippen LogP contribution in [0.4, 0.5) is 0 Å². The highest BCUT2D eigenvalue weighted by Crippen LogP contribution is 2.47. The Bertz CT molecular complexity index is 2490. The Balaban J connectivity index is 1.10. The second-order valence-corrected chi connectivity index (χ2v) is 17.0. The number of carbonyl (C=O) groups excluding carboxylic acids is 4. The van der Waals surface area contributed by atoms with Gasteiger partial charge in [-0.2, -0.15) is 0 Å². The summed E-state index contributed by atoms with van der Waals surface area (Å²) in [5.41, 5.74) is 3.74. The first-order valence-electron chi connectivity index (χ1n) is 21.7. The molecule has 0 saturated carbocycles. The molecule has 4 N–H and O–H groups in total. The van der Waals surface area contributed by atoms with Crippen molar-refractivity contribution in [1.82, 2.24) is 10.6 Å². The van der Waals surface area contributed by atoms with Gasteiger partial charge >= 0.3 is 11.9 Å². The molecule has 1 heterocycles. The molecule has 12 nitrogen and oxygen atoms in total. The number of esters is 2. The van der Waals surface area contributed by atoms with E-state index >= 15 is 0 Å². The number of nitrogens with one attached hydrogen (secondary N) is 2. The highest BCUT2D eigenvalue weighted by molar-refractivity contribution is 5.96. The molecule has 7 rings (SSSR count). The summed E-state index contributed by atoms with van der Waals surface area (Å²) < 4.78 is 25.5. The molecular formula is C53H54N2O10. The SMILES string of the molecule is CC(C)(C)OC(=O)CC[C@@H](CO)NC(=O)c1cccc(CNC(=O)C2=C[C@H]3OC(c4ccccc4)(c4ccccc4)O[C@H]3[C@H](OC(=O)c3ccccc3C=CCc3ccccc3O)C2)c1. The van der Waals surface area contributed by atoms with E-state index in [4.69, 9.17) is 18.9 Å². The van der Waals surface area contributed by atoms with Crippen molar-refractivity contribution in [3.05, 3.63) is 190 Å². The minimum atomic E-state index is -1.39. The number of allylic oxidation sites excluding steroid dienone is 1. The zero-order valence-electron chi connectivity index (χ0n) is 36.6. The number of aromatic hydroxyl groups is 1. The third-order valence-electron chi connectivity index (χ3n) is 11.1. The molecule has 336 valence electrons. The van der Waals surface area contributed by atoms with E-state index in [9.17, 15) is 29.4 Å². The summed E-state index contributed by atoms with van der Waals surface area (Å²) in [5.74, 6) is -3.11. The van der Waals surface area contributed by atoms with Crippen molar-refractivity contribution < 1.29 is 48.3 Å². The maximum Gasteiger partial charge on any atom is 0.339 e. The normalized spacial score (nSPS) is 18.2. The molecule has 0 spiro atoms. The number of phenolic OH excluding ortho intramolecular Hbond substituents is 1. The topological polar surface area (TPSA) is 170 Å². The van der Waals surface area contributed by atoms with Crippen molar-refractivity contribution in [1.29, 1.82) is 0 Å². The number of ether oxygens (including phenoxy) is 4. The van der Waals surface area contributed by atoms with E-state index in [1.54, 1.807) is 75.4 Å². The minimum Gasteiger partial charge on any atom is -0.508 e. The Morgan fingerprint density at radius 2 is 1.51 bits per heavy atom. The molecule has 0 bridgehead atoms. The first-order valence-corrected chi connectivity index (χ1v) is 21.7. The minimum absolute atomic E-state index is 0.0152. The predicted molar refractivity (Wildman–Crippen MR) is 244 cm³/mol. The number of hydrogen-bond donors (Lipinski definition) is 4. The Morgan fingerprint density at radius 3 is 2.20 bits per heavy atom. The molecule has 1 saturated heterocycles. The number of phenols is 1. The van der Waals surface area contributed by atoms with Crippen LogP contribution in [0.15, 0.2) is 151 Å². The average Bonchev–Trinajstić information content (AvgIpc) is 3.72. The number of aliphatic hydroxyl groups is 1. The van der Waals surface area contributed by atoms with Gasteiger partial charge in [0, 0.05) is 41.6 Å². The Kier molecular flexibility index (Phi) is 14.7. The van der Waals surface area contributed by atoms with Gasteiger partial charge in [-0.1, -0.05) is 121 Å². The van der Waals surface area contributed by atoms with Gasteiger partial charge < -0.3 is 39.8 Å². The maximum absolute atomic E-state index is 14.2. The van der Waals surface area contributed by atoms with Gasteiger partial charge in [-0.15, -0.1) is 0 Å². The van der Waals surface area contributed by atoms with Crippen LogP contribution in [0.2, 0.25) is 0 Å². The van der Waals surface area contributed by atoms with Crippen LogP contribution >= 0.6 is 0 Å². The summed E-state index contributed by atoms with van der Waals surface area (Å²) in [5, 5.41) is 25.9. The van der Waals surface area contributed by atoms with E-state index in [0.717, 1.165) is 16.7 Å². The lowest BCUT2D eigenvalue weighted by Gasteiger charge is -2.31. The molecule has 12 heteroatoms. The lowest BCUT2D eigenvalue weighted by Crippen LogP contribution is -2.43. The molecule has 0 unspecified atom stereocenters. The predicted octanol–water partition coefficient (Wildman–Crippen LogP) is 7.72. The van der Waals surface area contributed by atoms with Gasteiger partial charge in [-0.3, -0.25) is 14.4 Å². The fraction of sp³-hybridized carbons (Fsp3) is 0.283. The van der Waals surface area contributed by atoms with Gasteiger partial charge in [0.25, 0.3) is 5.91 Å². The van der Waals surface area contributed by atoms with Crippen LogP contribution in [0, 0.1) is 0 Å². The number of rotatable bonds is 16. The fourth-order valence-electron chi connectivity index (χ4n) is 7.90. The summed E-state index contributed by atoms with van der Waals surface area (Å²) in [6.45, 7) is 5.01. The molecule has 2 aliphatic rings. The van der Waals surface area contributed by atoms with Gasteiger partial charge in [0.2, 0.25) is 11.7 Å². The molecule has 1 aliphatic carbocycles. The summed E-state index contributed by atoms with van der Waals surface area (Å²) >= 11 is 0. The molecular weight excluding hydrogens is 825 g/mol. The number of para-hydroxylation sites is 1. The van der Waals surface area contributed by atoms with Gasteiger partial charge in [-0.05, 0) is 80.6 Å². The van der Waals surface area contributed by atoms with Crippen LogP contribution in [0.5, 0.6) is 5.75 Å². The lowest BCUT2D eigenvalue weighted by molar-refractivity contribution is -0.157. The van der Waals surface area contributed by atoms with E-state index in [2.05, 4.69) is 10.6 Å². The lowest BCUT2D eigenvalue weighted by atomic mass is 9.91. The monoisotopic (exact) mass is 878 g/mol. The van der Waals surface area contributed by atoms with Crippen molar-refractivity contribution >= 4 is 29.8 Å². The van der Waals surface area contributed by atoms with Crippen LogP contribution in [-0.2, 0) is 47.3 Å². The van der Waals surface area contributed by atoms with E-state index in [1.807, 2.05) is 97.1 Å². The Labute approximate surface area is 378 Å². The van der Waals surface area contributed by atoms with Crippen LogP contribution in [0.1, 0.15) is 88.6 Å². The van der Waals surface area contributed by atoms with E-state index in [0.29, 0.717) is 34.2 Å². The molecule has 1 fully saturated rings. The molecule has 4 atom stereocenters. The number of aliphatic hydroxyl groups excluding tert-OH is 1. The number of amides is 2. The molecule has 5 aromatic carbocycles. The standard InChI is InChI=1S/C53H54N2O10/c1-52(2,3)64-47(58)29-28-42(34-56)55-50(60)38-21-14-16-35(30-38)33-54-49(59)39-31-45(62-51(61)43-26-12-10-17-36(43)19-15-20-37-18-11-13-27-44(37)57)48-46(32-39)63-53(65-48,40-22-6-4-7-23-40)41-24-8-5-9-25-41/h4-19,21-27,30,32,42,45-46,48,56-57H,20,28-29,31,33-34H2,1-3H3,(H,54,59)(H,55,60)/t42-,45+,46+,48-/m0/s1. The number of fused-ring (bicyclic) bond motifs is 1. The molecule has 2 amide bonds. The number of carbonyl (C=O) groups is 4. The van der Waals surface area contributed by atoms with Crippen LogP contribution < -0.4 is 10.6 Å². The highest BCUT2D eigenvalue weighted by Gasteiger charge is 2.55. The molecule has 0 aromatic heterocycles. The fourth-order valence-corrected chi connectivity index (χ4v) is 7.90. The van der Waals surface area contributed by atoms with Crippen LogP contribution in [0.25, 0.3) is 6.08 Å². The molecule has 65 heavy (non-hydrogen) atoms. The second kappa shape index (κ2) is 20.8. The first-order chi connectivity index (χ1) is 31.3. The summed E-state index contributed by atoms with van der Waals surface area (Å²) in [6, 6.07) is 39.2. The largest absolute Gasteiger partial charge is 0.508 e. The van der Waals surface area contributed by atoms with Crippen molar-refractivity contribution in [2.75, 3.05) is 6.61 Å². The summed E-state index contributed by atoms with van der Waals surface area (Å²) in [6.07, 6.45) is 3.52.